The van der Waals surface area contributed by atoms with Crippen LogP contribution in [0.3, 0.4) is 0 Å². The van der Waals surface area contributed by atoms with Gasteiger partial charge in [-0.05, 0) is 41.6 Å². The number of hydrogen-bond acceptors (Lipinski definition) is 3. The highest BCUT2D eigenvalue weighted by Crippen LogP contribution is 2.29. The fourth-order valence-electron chi connectivity index (χ4n) is 2.09. The molecule has 0 fully saturated rings. The van der Waals surface area contributed by atoms with E-state index in [-0.39, 0.29) is 29.4 Å². The summed E-state index contributed by atoms with van der Waals surface area (Å²) in [5, 5.41) is 0. The number of rotatable bonds is 5. The van der Waals surface area contributed by atoms with Crippen LogP contribution in [-0.4, -0.2) is 18.5 Å². The van der Waals surface area contributed by atoms with Crippen molar-refractivity contribution >= 4 is 22.6 Å². The van der Waals surface area contributed by atoms with Crippen LogP contribution >= 0.6 is 22.6 Å². The first-order valence-electron chi connectivity index (χ1n) is 6.50. The van der Waals surface area contributed by atoms with E-state index in [4.69, 9.17) is 9.47 Å². The van der Waals surface area contributed by atoms with Gasteiger partial charge >= 0.3 is 0 Å². The minimum atomic E-state index is -0.797. The molecule has 2 aromatic rings. The minimum absolute atomic E-state index is 0.0245. The van der Waals surface area contributed by atoms with Gasteiger partial charge in [-0.25, -0.2) is 8.78 Å². The molecule has 1 aromatic carbocycles. The van der Waals surface area contributed by atoms with Crippen LogP contribution in [0.15, 0.2) is 29.1 Å². The highest BCUT2D eigenvalue weighted by Gasteiger charge is 2.18. The van der Waals surface area contributed by atoms with Gasteiger partial charge in [0.15, 0.2) is 6.79 Å². The average molecular weight is 421 g/mol. The van der Waals surface area contributed by atoms with Crippen molar-refractivity contribution < 1.29 is 18.3 Å². The summed E-state index contributed by atoms with van der Waals surface area (Å²) in [5.41, 5.74) is -0.333. The Morgan fingerprint density at radius 1 is 1.23 bits per heavy atom. The lowest BCUT2D eigenvalue weighted by atomic mass is 10.1. The molecular weight excluding hydrogens is 407 g/mol. The summed E-state index contributed by atoms with van der Waals surface area (Å²) < 4.78 is 40.1. The maximum atomic E-state index is 14.3. The second-order valence-electron chi connectivity index (χ2n) is 4.43. The van der Waals surface area contributed by atoms with Crippen molar-refractivity contribution in [3.05, 3.63) is 49.8 Å². The number of benzene rings is 1. The monoisotopic (exact) mass is 421 g/mol. The number of ether oxygens (including phenoxy) is 2. The van der Waals surface area contributed by atoms with Gasteiger partial charge in [0.25, 0.3) is 5.56 Å². The summed E-state index contributed by atoms with van der Waals surface area (Å²) in [6, 6.07) is 5.21. The van der Waals surface area contributed by atoms with Crippen molar-refractivity contribution in [2.45, 2.75) is 13.5 Å². The molecule has 118 valence electrons. The van der Waals surface area contributed by atoms with Gasteiger partial charge in [-0.2, -0.15) is 0 Å². The fourth-order valence-corrected chi connectivity index (χ4v) is 2.56. The summed E-state index contributed by atoms with van der Waals surface area (Å²) in [6.07, 6.45) is 0. The molecule has 0 saturated heterocycles. The van der Waals surface area contributed by atoms with Crippen molar-refractivity contribution in [2.75, 3.05) is 13.9 Å². The van der Waals surface area contributed by atoms with Crippen molar-refractivity contribution in [2.24, 2.45) is 0 Å². The number of hydrogen-bond donors (Lipinski definition) is 0. The van der Waals surface area contributed by atoms with Crippen molar-refractivity contribution in [3.8, 4) is 17.0 Å². The molecule has 7 heteroatoms. The highest BCUT2D eigenvalue weighted by molar-refractivity contribution is 14.1. The van der Waals surface area contributed by atoms with E-state index in [0.29, 0.717) is 10.1 Å². The van der Waals surface area contributed by atoms with Crippen LogP contribution in [0.2, 0.25) is 0 Å². The Hall–Kier alpha value is -1.48. The molecule has 0 aliphatic heterocycles. The number of methoxy groups -OCH3 is 1. The van der Waals surface area contributed by atoms with Gasteiger partial charge in [-0.15, -0.1) is 0 Å². The molecule has 1 aromatic heterocycles. The smallest absolute Gasteiger partial charge is 0.264 e. The first-order chi connectivity index (χ1) is 10.5. The Morgan fingerprint density at radius 3 is 2.41 bits per heavy atom. The van der Waals surface area contributed by atoms with E-state index in [1.807, 2.05) is 22.6 Å². The summed E-state index contributed by atoms with van der Waals surface area (Å²) in [6.45, 7) is 1.94. The molecule has 2 rings (SSSR count). The van der Waals surface area contributed by atoms with Crippen LogP contribution in [0.25, 0.3) is 11.3 Å². The van der Waals surface area contributed by atoms with E-state index in [1.165, 1.54) is 17.7 Å². The van der Waals surface area contributed by atoms with Crippen molar-refractivity contribution in [1.29, 1.82) is 0 Å². The van der Waals surface area contributed by atoms with Gasteiger partial charge in [0.1, 0.15) is 17.4 Å². The largest absolute Gasteiger partial charge is 0.467 e. The number of nitrogens with zero attached hydrogens (tertiary/aromatic N) is 1. The van der Waals surface area contributed by atoms with Crippen LogP contribution in [-0.2, 0) is 11.3 Å². The predicted molar refractivity (Wildman–Crippen MR) is 86.9 cm³/mol. The zero-order chi connectivity index (χ0) is 16.3. The third-order valence-electron chi connectivity index (χ3n) is 3.06. The first-order valence-corrected chi connectivity index (χ1v) is 7.58. The lowest BCUT2D eigenvalue weighted by Gasteiger charge is -2.14. The maximum absolute atomic E-state index is 14.3. The molecular formula is C15H14F2INO3. The van der Waals surface area contributed by atoms with Crippen LogP contribution in [0.5, 0.6) is 5.75 Å². The molecule has 4 nitrogen and oxygen atoms in total. The van der Waals surface area contributed by atoms with Gasteiger partial charge in [-0.1, -0.05) is 0 Å². The topological polar surface area (TPSA) is 40.5 Å². The van der Waals surface area contributed by atoms with E-state index >= 15 is 0 Å². The molecule has 0 bridgehead atoms. The quantitative estimate of drug-likeness (QED) is 0.549. The Bertz CT molecular complexity index is 723. The summed E-state index contributed by atoms with van der Waals surface area (Å²) in [4.78, 5) is 12.1. The molecule has 0 unspecified atom stereocenters. The number of pyridine rings is 1. The third kappa shape index (κ3) is 3.30. The van der Waals surface area contributed by atoms with Gasteiger partial charge in [0, 0.05) is 25.8 Å². The van der Waals surface area contributed by atoms with E-state index in [1.54, 1.807) is 13.0 Å². The Balaban J connectivity index is 2.59. The summed E-state index contributed by atoms with van der Waals surface area (Å²) >= 11 is 1.89. The van der Waals surface area contributed by atoms with Crippen LogP contribution in [0.4, 0.5) is 8.78 Å². The molecule has 0 amide bonds. The summed E-state index contributed by atoms with van der Waals surface area (Å²) in [7, 11) is 1.41. The highest BCUT2D eigenvalue weighted by atomic mass is 127. The molecule has 1 heterocycles. The van der Waals surface area contributed by atoms with Gasteiger partial charge in [0.05, 0.1) is 14.8 Å². The minimum Gasteiger partial charge on any atom is -0.467 e. The number of aromatic nitrogens is 1. The SMILES string of the molecule is CCn1c(-c2c(F)cc(OCOC)cc2F)ccc(I)c1=O. The second kappa shape index (κ2) is 7.19. The van der Waals surface area contributed by atoms with Gasteiger partial charge in [0.2, 0.25) is 0 Å². The van der Waals surface area contributed by atoms with E-state index in [2.05, 4.69) is 0 Å². The molecule has 0 radical (unpaired) electrons. The standard InChI is InChI=1S/C15H14F2INO3/c1-3-19-13(5-4-12(18)15(19)20)14-10(16)6-9(7-11(14)17)22-8-21-2/h4-7H,3,8H2,1-2H3. The van der Waals surface area contributed by atoms with Crippen LogP contribution < -0.4 is 10.3 Å². The van der Waals surface area contributed by atoms with E-state index in [0.717, 1.165) is 12.1 Å². The maximum Gasteiger partial charge on any atom is 0.264 e. The Morgan fingerprint density at radius 2 is 1.86 bits per heavy atom. The molecule has 0 spiro atoms. The molecule has 0 aliphatic carbocycles. The second-order valence-corrected chi connectivity index (χ2v) is 5.59. The molecule has 0 N–H and O–H groups in total. The van der Waals surface area contributed by atoms with Crippen molar-refractivity contribution in [3.63, 3.8) is 0 Å². The number of halogens is 3. The Kier molecular flexibility index (Phi) is 5.52. The summed E-state index contributed by atoms with van der Waals surface area (Å²) in [5.74, 6) is -1.57. The predicted octanol–water partition coefficient (Wildman–Crippen LogP) is 3.40. The van der Waals surface area contributed by atoms with Gasteiger partial charge < -0.3 is 14.0 Å². The van der Waals surface area contributed by atoms with E-state index < -0.39 is 11.6 Å². The lowest BCUT2D eigenvalue weighted by molar-refractivity contribution is 0.0507. The normalized spacial score (nSPS) is 10.8. The lowest BCUT2D eigenvalue weighted by Crippen LogP contribution is -2.23. The molecule has 22 heavy (non-hydrogen) atoms. The van der Waals surface area contributed by atoms with Crippen LogP contribution in [0, 0.1) is 15.2 Å². The fraction of sp³-hybridized carbons (Fsp3) is 0.267. The molecule has 0 aliphatic rings. The molecule has 0 saturated carbocycles. The molecule has 0 atom stereocenters. The van der Waals surface area contributed by atoms with Crippen molar-refractivity contribution in [1.82, 2.24) is 4.57 Å². The Labute approximate surface area is 139 Å². The zero-order valence-electron chi connectivity index (χ0n) is 12.0. The van der Waals surface area contributed by atoms with E-state index in [9.17, 15) is 13.6 Å². The van der Waals surface area contributed by atoms with Crippen LogP contribution in [0.1, 0.15) is 6.92 Å². The third-order valence-corrected chi connectivity index (χ3v) is 3.88. The average Bonchev–Trinajstić information content (AvgIpc) is 2.48. The van der Waals surface area contributed by atoms with Gasteiger partial charge in [-0.3, -0.25) is 4.79 Å². The first kappa shape index (κ1) is 16.9. The zero-order valence-corrected chi connectivity index (χ0v) is 14.2.